The maximum absolute atomic E-state index is 5.82. The number of ether oxygens (including phenoxy) is 1. The molecule has 1 heterocycles. The van der Waals surface area contributed by atoms with Gasteiger partial charge in [-0.1, -0.05) is 18.2 Å². The van der Waals surface area contributed by atoms with E-state index in [1.165, 1.54) is 0 Å². The second-order valence-electron chi connectivity index (χ2n) is 4.78. The summed E-state index contributed by atoms with van der Waals surface area (Å²) in [7, 11) is 0. The van der Waals surface area contributed by atoms with Crippen LogP contribution in [0, 0.1) is 0 Å². The van der Waals surface area contributed by atoms with Crippen molar-refractivity contribution in [2.24, 2.45) is 0 Å². The number of aromatic nitrogens is 3. The lowest BCUT2D eigenvalue weighted by Crippen LogP contribution is -2.09. The molecule has 0 aliphatic carbocycles. The van der Waals surface area contributed by atoms with E-state index in [9.17, 15) is 0 Å². The van der Waals surface area contributed by atoms with E-state index in [2.05, 4.69) is 24.2 Å². The average molecular weight is 294 g/mol. The number of benzene rings is 1. The van der Waals surface area contributed by atoms with E-state index >= 15 is 0 Å². The summed E-state index contributed by atoms with van der Waals surface area (Å²) in [6.07, 6.45) is 4.90. The van der Waals surface area contributed by atoms with Gasteiger partial charge in [0.1, 0.15) is 5.75 Å². The standard InChI is InChI=1S/C15H20ClN3O/c1-3-12(2)20-15-8-4-7-14(10-15)19-11-13(17-18-19)6-5-9-16/h4,7-8,10-12H,3,5-6,9H2,1-2H3. The topological polar surface area (TPSA) is 39.9 Å². The molecular formula is C15H20ClN3O. The molecule has 1 aromatic carbocycles. The van der Waals surface area contributed by atoms with Crippen molar-refractivity contribution in [3.63, 3.8) is 0 Å². The SMILES string of the molecule is CCC(C)Oc1cccc(-n2cc(CCCCl)nn2)c1. The van der Waals surface area contributed by atoms with E-state index in [0.717, 1.165) is 36.4 Å². The van der Waals surface area contributed by atoms with Gasteiger partial charge in [-0.05, 0) is 38.3 Å². The monoisotopic (exact) mass is 293 g/mol. The molecule has 1 unspecified atom stereocenters. The molecule has 1 aromatic heterocycles. The number of hydrogen-bond donors (Lipinski definition) is 0. The van der Waals surface area contributed by atoms with Gasteiger partial charge in [0.2, 0.25) is 0 Å². The highest BCUT2D eigenvalue weighted by atomic mass is 35.5. The molecule has 0 aliphatic heterocycles. The Morgan fingerprint density at radius 3 is 3.00 bits per heavy atom. The van der Waals surface area contributed by atoms with E-state index in [4.69, 9.17) is 16.3 Å². The lowest BCUT2D eigenvalue weighted by Gasteiger charge is -2.13. The van der Waals surface area contributed by atoms with Crippen LogP contribution in [0.15, 0.2) is 30.5 Å². The highest BCUT2D eigenvalue weighted by Gasteiger charge is 2.05. The summed E-state index contributed by atoms with van der Waals surface area (Å²) in [5.41, 5.74) is 1.91. The van der Waals surface area contributed by atoms with Crippen LogP contribution < -0.4 is 4.74 Å². The Balaban J connectivity index is 2.11. The molecule has 0 N–H and O–H groups in total. The number of rotatable bonds is 7. The molecule has 20 heavy (non-hydrogen) atoms. The van der Waals surface area contributed by atoms with Crippen LogP contribution in [0.4, 0.5) is 0 Å². The molecule has 2 rings (SSSR count). The van der Waals surface area contributed by atoms with Crippen LogP contribution in [0.25, 0.3) is 5.69 Å². The molecule has 2 aromatic rings. The van der Waals surface area contributed by atoms with Crippen LogP contribution in [0.3, 0.4) is 0 Å². The normalized spacial score (nSPS) is 12.3. The summed E-state index contributed by atoms with van der Waals surface area (Å²) in [6.45, 7) is 4.17. The summed E-state index contributed by atoms with van der Waals surface area (Å²) >= 11 is 5.69. The largest absolute Gasteiger partial charge is 0.491 e. The van der Waals surface area contributed by atoms with E-state index in [0.29, 0.717) is 5.88 Å². The van der Waals surface area contributed by atoms with Crippen LogP contribution in [0.2, 0.25) is 0 Å². The summed E-state index contributed by atoms with van der Waals surface area (Å²) in [4.78, 5) is 0. The fourth-order valence-electron chi connectivity index (χ4n) is 1.80. The maximum atomic E-state index is 5.82. The zero-order valence-electron chi connectivity index (χ0n) is 11.9. The third-order valence-electron chi connectivity index (χ3n) is 3.10. The minimum absolute atomic E-state index is 0.209. The quantitative estimate of drug-likeness (QED) is 0.732. The zero-order valence-corrected chi connectivity index (χ0v) is 12.7. The Bertz CT molecular complexity index is 541. The smallest absolute Gasteiger partial charge is 0.121 e. The summed E-state index contributed by atoms with van der Waals surface area (Å²) < 4.78 is 7.59. The van der Waals surface area contributed by atoms with Gasteiger partial charge in [0.15, 0.2) is 0 Å². The van der Waals surface area contributed by atoms with Crippen LogP contribution in [-0.2, 0) is 6.42 Å². The fourth-order valence-corrected chi connectivity index (χ4v) is 1.94. The van der Waals surface area contributed by atoms with Crippen molar-refractivity contribution in [2.45, 2.75) is 39.2 Å². The maximum Gasteiger partial charge on any atom is 0.121 e. The molecule has 0 amide bonds. The summed E-state index contributed by atoms with van der Waals surface area (Å²) in [6, 6.07) is 7.89. The number of halogens is 1. The van der Waals surface area contributed by atoms with E-state index in [-0.39, 0.29) is 6.10 Å². The minimum Gasteiger partial charge on any atom is -0.491 e. The molecule has 0 saturated carbocycles. The van der Waals surface area contributed by atoms with Crippen molar-refractivity contribution in [3.8, 4) is 11.4 Å². The molecule has 108 valence electrons. The predicted molar refractivity (Wildman–Crippen MR) is 80.8 cm³/mol. The third kappa shape index (κ3) is 3.97. The summed E-state index contributed by atoms with van der Waals surface area (Å²) in [5, 5.41) is 8.30. The van der Waals surface area contributed by atoms with Crippen LogP contribution in [-0.4, -0.2) is 27.0 Å². The van der Waals surface area contributed by atoms with Crippen molar-refractivity contribution in [2.75, 3.05) is 5.88 Å². The fraction of sp³-hybridized carbons (Fsp3) is 0.467. The van der Waals surface area contributed by atoms with E-state index < -0.39 is 0 Å². The molecule has 0 spiro atoms. The first-order valence-electron chi connectivity index (χ1n) is 6.97. The number of alkyl halides is 1. The second kappa shape index (κ2) is 7.29. The number of nitrogens with zero attached hydrogens (tertiary/aromatic N) is 3. The van der Waals surface area contributed by atoms with E-state index in [1.807, 2.05) is 30.5 Å². The first-order valence-corrected chi connectivity index (χ1v) is 7.50. The third-order valence-corrected chi connectivity index (χ3v) is 3.37. The number of aryl methyl sites for hydroxylation is 1. The minimum atomic E-state index is 0.209. The van der Waals surface area contributed by atoms with E-state index in [1.54, 1.807) is 4.68 Å². The Morgan fingerprint density at radius 2 is 2.25 bits per heavy atom. The van der Waals surface area contributed by atoms with Gasteiger partial charge in [0.05, 0.1) is 23.7 Å². The number of hydrogen-bond acceptors (Lipinski definition) is 3. The Labute approximate surface area is 124 Å². The lowest BCUT2D eigenvalue weighted by atomic mass is 10.2. The highest BCUT2D eigenvalue weighted by molar-refractivity contribution is 6.17. The second-order valence-corrected chi connectivity index (χ2v) is 5.16. The molecule has 4 nitrogen and oxygen atoms in total. The van der Waals surface area contributed by atoms with Crippen molar-refractivity contribution in [3.05, 3.63) is 36.2 Å². The Kier molecular flexibility index (Phi) is 5.41. The van der Waals surface area contributed by atoms with Gasteiger partial charge < -0.3 is 4.74 Å². The van der Waals surface area contributed by atoms with Crippen molar-refractivity contribution in [1.82, 2.24) is 15.0 Å². The first-order chi connectivity index (χ1) is 9.72. The van der Waals surface area contributed by atoms with Gasteiger partial charge in [0, 0.05) is 11.9 Å². The van der Waals surface area contributed by atoms with Crippen LogP contribution in [0.1, 0.15) is 32.4 Å². The van der Waals surface area contributed by atoms with Crippen LogP contribution in [0.5, 0.6) is 5.75 Å². The van der Waals surface area contributed by atoms with Crippen molar-refractivity contribution < 1.29 is 4.74 Å². The van der Waals surface area contributed by atoms with Gasteiger partial charge in [0.25, 0.3) is 0 Å². The predicted octanol–water partition coefficient (Wildman–Crippen LogP) is 3.62. The molecule has 0 bridgehead atoms. The first kappa shape index (κ1) is 14.9. The summed E-state index contributed by atoms with van der Waals surface area (Å²) in [5.74, 6) is 1.50. The van der Waals surface area contributed by atoms with Gasteiger partial charge in [-0.3, -0.25) is 0 Å². The molecule has 0 aliphatic rings. The van der Waals surface area contributed by atoms with Crippen molar-refractivity contribution >= 4 is 11.6 Å². The molecule has 0 fully saturated rings. The highest BCUT2D eigenvalue weighted by Crippen LogP contribution is 2.18. The molecule has 1 atom stereocenters. The van der Waals surface area contributed by atoms with Gasteiger partial charge >= 0.3 is 0 Å². The lowest BCUT2D eigenvalue weighted by molar-refractivity contribution is 0.217. The molecular weight excluding hydrogens is 274 g/mol. The molecule has 5 heteroatoms. The molecule has 0 radical (unpaired) electrons. The average Bonchev–Trinajstić information content (AvgIpc) is 2.94. The van der Waals surface area contributed by atoms with Gasteiger partial charge in [-0.15, -0.1) is 16.7 Å². The van der Waals surface area contributed by atoms with Gasteiger partial charge in [-0.2, -0.15) is 0 Å². The van der Waals surface area contributed by atoms with Crippen molar-refractivity contribution in [1.29, 1.82) is 0 Å². The van der Waals surface area contributed by atoms with Gasteiger partial charge in [-0.25, -0.2) is 4.68 Å². The zero-order chi connectivity index (χ0) is 14.4. The molecule has 0 saturated heterocycles. The Hall–Kier alpha value is -1.55. The Morgan fingerprint density at radius 1 is 1.40 bits per heavy atom. The van der Waals surface area contributed by atoms with Crippen LogP contribution >= 0.6 is 11.6 Å².